The van der Waals surface area contributed by atoms with Gasteiger partial charge in [-0.25, -0.2) is 0 Å². The van der Waals surface area contributed by atoms with E-state index in [0.717, 1.165) is 32.4 Å². The van der Waals surface area contributed by atoms with E-state index in [1.165, 1.54) is 13.0 Å². The van der Waals surface area contributed by atoms with E-state index in [0.29, 0.717) is 6.54 Å². The van der Waals surface area contributed by atoms with Gasteiger partial charge in [-0.2, -0.15) is 0 Å². The van der Waals surface area contributed by atoms with Crippen LogP contribution in [-0.4, -0.2) is 302 Å². The number of likely N-dealkylation sites (tertiary alicyclic amines) is 1. The van der Waals surface area contributed by atoms with Gasteiger partial charge in [0.15, 0.2) is 18.4 Å². The number of piperidine rings is 1. The Morgan fingerprint density at radius 3 is 1.88 bits per heavy atom. The van der Waals surface area contributed by atoms with Crippen molar-refractivity contribution in [2.75, 3.05) is 45.9 Å². The third-order valence-electron chi connectivity index (χ3n) is 18.6. The molecule has 95 heavy (non-hydrogen) atoms. The largest absolute Gasteiger partial charge is 0.462 e. The summed E-state index contributed by atoms with van der Waals surface area (Å²) in [5, 5.41) is 194. The first-order valence-corrected chi connectivity index (χ1v) is 33.2. The molecule has 19 N–H and O–H groups in total. The number of nitrogens with one attached hydrogen (secondary N) is 2. The van der Waals surface area contributed by atoms with Crippen molar-refractivity contribution in [1.82, 2.24) is 15.5 Å². The number of cyclic esters (lactones) is 1. The molecule has 0 aromatic heterocycles. The van der Waals surface area contributed by atoms with Crippen LogP contribution in [0.25, 0.3) is 0 Å². The minimum atomic E-state index is -2.67. The normalized spacial score (nSPS) is 43.5. The van der Waals surface area contributed by atoms with Crippen molar-refractivity contribution in [3.63, 3.8) is 0 Å². The molecule has 1 amide bonds. The van der Waals surface area contributed by atoms with Gasteiger partial charge in [0.1, 0.15) is 54.9 Å². The number of hydrogen-bond donors (Lipinski definition) is 19. The molecular formula is C66H107N3O26. The Kier molecular flexibility index (Phi) is 32.6. The molecule has 0 radical (unpaired) electrons. The molecule has 6 aliphatic rings. The molecule has 2 bridgehead atoms. The molecule has 0 aliphatic carbocycles. The summed E-state index contributed by atoms with van der Waals surface area (Å²) in [5.41, 5.74) is 0. The molecule has 29 heteroatoms. The van der Waals surface area contributed by atoms with Crippen molar-refractivity contribution in [2.45, 2.75) is 251 Å². The quantitative estimate of drug-likeness (QED) is 0.0843. The molecule has 0 spiro atoms. The standard InChI is InChI=1S/C66H107N3O26/c1-37-20-16-13-11-9-7-5-6-8-10-12-14-17-21-44(92-63-57(82)53(55(80)40(4)91-63)68-36-66(88)61(85)60(48(77)35-89-66)94-64-59(84)58(83)56(81)50(34-70)93-64)31-49-52(62(86)67-24-27-69-25-18-15-19-26-69)47(76)33-65(87,95-49)32-43(73)29-46(75)45(74)23-22-41(71)28-42(72)30-51(78)90-39(3)38(2)54(37)79/h5-14,16-17,20-21,37-50,52-61,63-64,68,70-77,79-85,87-88H,15,18-19,22-36H2,1-4H3,(H,67,86)/t37-,38?,39-,40+,41+,42+,43-,44-,45+,46+,47-,48+,49?,50+,52?,53-,54+,55+,56+,57-,58-,59+,60+,61-,63-,64?,65+,66+/m0/s1. The highest BCUT2D eigenvalue weighted by Crippen LogP contribution is 2.39. The van der Waals surface area contributed by atoms with E-state index < -0.39 is 221 Å². The van der Waals surface area contributed by atoms with E-state index in [4.69, 9.17) is 33.2 Å². The predicted octanol–water partition coefficient (Wildman–Crippen LogP) is -3.51. The molecule has 29 nitrogen and oxygen atoms in total. The molecule has 5 fully saturated rings. The maximum atomic E-state index is 14.4. The first kappa shape index (κ1) is 80.1. The molecule has 6 aliphatic heterocycles. The van der Waals surface area contributed by atoms with Crippen LogP contribution in [-0.2, 0) is 42.7 Å². The molecule has 0 saturated carbocycles. The number of esters is 1. The van der Waals surface area contributed by atoms with E-state index in [1.807, 2.05) is 6.92 Å². The van der Waals surface area contributed by atoms with Crippen LogP contribution in [0.5, 0.6) is 0 Å². The average Bonchev–Trinajstić information content (AvgIpc) is 0.787. The average molecular weight is 1360 g/mol. The van der Waals surface area contributed by atoms with Crippen molar-refractivity contribution < 1.29 is 130 Å². The SMILES string of the molecule is CC1[C@H](C)OC(=O)C[C@H](O)C[C@H](O)CC[C@@H](O)[C@H](O)C[C@H](O)C[C@]2(O)C[C@H](O)C(C(=O)NCCN3CCCCC3)C(C[C@@H](O[C@@H]3O[C@H](C)[C@@H](O)[C@H](NC[C@@]4(O)OC[C@@H](O)[C@@H](OC5O[C@H](CO)[C@@H](O)[C@H](O)[C@H]5O)[C@@H]4O)[C@@H]3O)C=CC=CC=CC=CC=CC=CC=C[C@H](C)[C@H]1O)O2. The van der Waals surface area contributed by atoms with Gasteiger partial charge in [0, 0.05) is 50.6 Å². The lowest BCUT2D eigenvalue weighted by Crippen LogP contribution is -2.70. The second kappa shape index (κ2) is 38.6. The minimum absolute atomic E-state index is 0.149. The van der Waals surface area contributed by atoms with E-state index in [9.17, 15) is 96.4 Å². The third-order valence-corrected chi connectivity index (χ3v) is 18.6. The molecule has 0 aromatic carbocycles. The van der Waals surface area contributed by atoms with E-state index in [2.05, 4.69) is 15.5 Å². The maximum absolute atomic E-state index is 14.4. The van der Waals surface area contributed by atoms with Crippen LogP contribution in [0.1, 0.15) is 98.3 Å². The van der Waals surface area contributed by atoms with Gasteiger partial charge >= 0.3 is 5.97 Å². The number of amides is 1. The monoisotopic (exact) mass is 1360 g/mol. The number of hydrogen-bond acceptors (Lipinski definition) is 28. The lowest BCUT2D eigenvalue weighted by molar-refractivity contribution is -0.368. The van der Waals surface area contributed by atoms with Gasteiger partial charge in [-0.05, 0) is 59.0 Å². The first-order chi connectivity index (χ1) is 45.0. The Balaban J connectivity index is 1.26. The molecule has 4 unspecified atom stereocenters. The van der Waals surface area contributed by atoms with Crippen molar-refractivity contribution in [3.05, 3.63) is 85.1 Å². The van der Waals surface area contributed by atoms with Gasteiger partial charge in [-0.3, -0.25) is 9.59 Å². The molecule has 28 atom stereocenters. The number of nitrogens with zero attached hydrogens (tertiary/aromatic N) is 1. The van der Waals surface area contributed by atoms with Gasteiger partial charge in [-0.15, -0.1) is 0 Å². The molecule has 6 rings (SSSR count). The first-order valence-electron chi connectivity index (χ1n) is 33.2. The summed E-state index contributed by atoms with van der Waals surface area (Å²) < 4.78 is 40.9. The lowest BCUT2D eigenvalue weighted by Gasteiger charge is -2.48. The van der Waals surface area contributed by atoms with Crippen LogP contribution in [0.2, 0.25) is 0 Å². The summed E-state index contributed by atoms with van der Waals surface area (Å²) in [6.07, 6.45) is -10.3. The molecule has 0 aromatic rings. The second-order valence-electron chi connectivity index (χ2n) is 26.2. The number of aliphatic hydroxyl groups excluding tert-OH is 15. The fraction of sp³-hybridized carbons (Fsp3) is 0.758. The Morgan fingerprint density at radius 1 is 0.621 bits per heavy atom. The van der Waals surface area contributed by atoms with Crippen molar-refractivity contribution in [3.8, 4) is 0 Å². The van der Waals surface area contributed by atoms with Crippen molar-refractivity contribution in [2.24, 2.45) is 17.8 Å². The second-order valence-corrected chi connectivity index (χ2v) is 26.2. The summed E-state index contributed by atoms with van der Waals surface area (Å²) in [6, 6.07) is -1.46. The third kappa shape index (κ3) is 23.9. The summed E-state index contributed by atoms with van der Waals surface area (Å²) in [4.78, 5) is 29.4. The number of rotatable bonds is 12. The van der Waals surface area contributed by atoms with Crippen LogP contribution >= 0.6 is 0 Å². The van der Waals surface area contributed by atoms with Crippen LogP contribution < -0.4 is 10.6 Å². The molecule has 542 valence electrons. The van der Waals surface area contributed by atoms with Crippen LogP contribution in [0.3, 0.4) is 0 Å². The number of carbonyl (C=O) groups excluding carboxylic acids is 2. The smallest absolute Gasteiger partial charge is 0.308 e. The van der Waals surface area contributed by atoms with Crippen LogP contribution in [0, 0.1) is 17.8 Å². The zero-order chi connectivity index (χ0) is 69.7. The number of aliphatic hydroxyl groups is 17. The van der Waals surface area contributed by atoms with Gasteiger partial charge in [0.05, 0.1) is 105 Å². The Labute approximate surface area is 554 Å². The highest BCUT2D eigenvalue weighted by atomic mass is 16.7. The Morgan fingerprint density at radius 2 is 1.24 bits per heavy atom. The fourth-order valence-electron chi connectivity index (χ4n) is 12.6. The van der Waals surface area contributed by atoms with E-state index in [1.54, 1.807) is 92.8 Å². The fourth-order valence-corrected chi connectivity index (χ4v) is 12.6. The number of ether oxygens (including phenoxy) is 7. The summed E-state index contributed by atoms with van der Waals surface area (Å²) in [6.45, 7) is 6.68. The zero-order valence-corrected chi connectivity index (χ0v) is 54.5. The van der Waals surface area contributed by atoms with Crippen LogP contribution in [0.4, 0.5) is 0 Å². The van der Waals surface area contributed by atoms with Crippen molar-refractivity contribution in [1.29, 1.82) is 0 Å². The molecule has 6 heterocycles. The topological polar surface area (TPSA) is 470 Å². The molecule has 5 saturated heterocycles. The summed E-state index contributed by atoms with van der Waals surface area (Å²) in [7, 11) is 0. The molecular weight excluding hydrogens is 1250 g/mol. The maximum Gasteiger partial charge on any atom is 0.308 e. The minimum Gasteiger partial charge on any atom is -0.462 e. The van der Waals surface area contributed by atoms with Crippen molar-refractivity contribution >= 4 is 11.9 Å². The summed E-state index contributed by atoms with van der Waals surface area (Å²) in [5.74, 6) is -8.70. The highest BCUT2D eigenvalue weighted by molar-refractivity contribution is 5.80. The Bertz CT molecular complexity index is 2520. The zero-order valence-electron chi connectivity index (χ0n) is 54.5. The van der Waals surface area contributed by atoms with Crippen LogP contribution in [0.15, 0.2) is 85.1 Å². The highest BCUT2D eigenvalue weighted by Gasteiger charge is 2.55. The van der Waals surface area contributed by atoms with Gasteiger partial charge in [0.2, 0.25) is 11.7 Å². The number of carbonyl (C=O) groups is 2. The van der Waals surface area contributed by atoms with Gasteiger partial charge in [0.25, 0.3) is 0 Å². The number of fused-ring (bicyclic) bond motifs is 2. The Hall–Kier alpha value is -3.88. The van der Waals surface area contributed by atoms with E-state index in [-0.39, 0.29) is 38.1 Å². The van der Waals surface area contributed by atoms with E-state index >= 15 is 0 Å². The summed E-state index contributed by atoms with van der Waals surface area (Å²) >= 11 is 0. The number of allylic oxidation sites excluding steroid dienone is 12. The van der Waals surface area contributed by atoms with Gasteiger partial charge in [-0.1, -0.05) is 105 Å². The van der Waals surface area contributed by atoms with Gasteiger partial charge < -0.3 is 136 Å². The lowest BCUT2D eigenvalue weighted by atomic mass is 9.82. The predicted molar refractivity (Wildman–Crippen MR) is 338 cm³/mol.